The molecule has 0 unspecified atom stereocenters. The molecule has 20 heavy (non-hydrogen) atoms. The number of carboxylic acids is 2. The van der Waals surface area contributed by atoms with E-state index in [2.05, 4.69) is 0 Å². The second kappa shape index (κ2) is 8.18. The van der Waals surface area contributed by atoms with Crippen LogP contribution in [0.2, 0.25) is 0 Å². The number of rotatable bonds is 9. The molecule has 8 nitrogen and oxygen atoms in total. The van der Waals surface area contributed by atoms with Crippen molar-refractivity contribution in [3.8, 4) is 0 Å². The largest absolute Gasteiger partial charge is 0.478 e. The molecule has 0 saturated carbocycles. The molecular weight excluding hydrogens is 268 g/mol. The van der Waals surface area contributed by atoms with Gasteiger partial charge in [-0.25, -0.2) is 9.59 Å². The zero-order chi connectivity index (χ0) is 15.8. The zero-order valence-electron chi connectivity index (χ0n) is 11.0. The standard InChI is InChI=1S/C12H20N2O6/c13-8(5-10(15)16)3-1-2-4-12(19,20)7-9(14)6-11(17)18/h5-6,19-20H,1-4,7,13-14H2,(H,15,16)(H,17,18)/b8-5-,9-6-. The zero-order valence-corrected chi connectivity index (χ0v) is 11.0. The molecule has 0 aliphatic rings. The molecule has 0 spiro atoms. The molecule has 114 valence electrons. The van der Waals surface area contributed by atoms with Crippen LogP contribution in [-0.2, 0) is 9.59 Å². The van der Waals surface area contributed by atoms with Crippen LogP contribution in [0.15, 0.2) is 23.5 Å². The van der Waals surface area contributed by atoms with Crippen molar-refractivity contribution in [2.75, 3.05) is 0 Å². The van der Waals surface area contributed by atoms with Gasteiger partial charge in [0.2, 0.25) is 0 Å². The molecule has 8 heteroatoms. The smallest absolute Gasteiger partial charge is 0.330 e. The van der Waals surface area contributed by atoms with E-state index in [-0.39, 0.29) is 24.2 Å². The van der Waals surface area contributed by atoms with Crippen LogP contribution in [0.3, 0.4) is 0 Å². The summed E-state index contributed by atoms with van der Waals surface area (Å²) in [5.74, 6) is -4.49. The molecule has 0 atom stereocenters. The Balaban J connectivity index is 4.11. The average Bonchev–Trinajstić information content (AvgIpc) is 2.21. The van der Waals surface area contributed by atoms with Gasteiger partial charge in [0.15, 0.2) is 5.79 Å². The second-order valence-corrected chi connectivity index (χ2v) is 4.48. The summed E-state index contributed by atoms with van der Waals surface area (Å²) in [7, 11) is 0. The SMILES string of the molecule is N/C(=C\C(=O)O)CCCCC(O)(O)C/C(N)=C/C(=O)O. The Labute approximate surface area is 116 Å². The van der Waals surface area contributed by atoms with Crippen LogP contribution >= 0.6 is 0 Å². The lowest BCUT2D eigenvalue weighted by Gasteiger charge is -2.21. The monoisotopic (exact) mass is 288 g/mol. The quantitative estimate of drug-likeness (QED) is 0.187. The molecule has 0 amide bonds. The van der Waals surface area contributed by atoms with Crippen molar-refractivity contribution in [1.29, 1.82) is 0 Å². The number of aliphatic carboxylic acids is 2. The highest BCUT2D eigenvalue weighted by Gasteiger charge is 2.23. The maximum Gasteiger partial charge on any atom is 0.330 e. The summed E-state index contributed by atoms with van der Waals surface area (Å²) in [5.41, 5.74) is 10.8. The number of carbonyl (C=O) groups is 2. The van der Waals surface area contributed by atoms with Crippen LogP contribution in [0, 0.1) is 0 Å². The van der Waals surface area contributed by atoms with Crippen molar-refractivity contribution in [3.05, 3.63) is 23.5 Å². The maximum atomic E-state index is 10.3. The van der Waals surface area contributed by atoms with Gasteiger partial charge < -0.3 is 31.9 Å². The number of hydrogen-bond donors (Lipinski definition) is 6. The first kappa shape index (κ1) is 17.9. The Hall–Kier alpha value is -2.06. The molecule has 0 radical (unpaired) electrons. The molecule has 0 rings (SSSR count). The minimum absolute atomic E-state index is 0.0263. The summed E-state index contributed by atoms with van der Waals surface area (Å²) < 4.78 is 0. The van der Waals surface area contributed by atoms with Gasteiger partial charge in [0.25, 0.3) is 0 Å². The van der Waals surface area contributed by atoms with Crippen LogP contribution in [-0.4, -0.2) is 38.2 Å². The number of allylic oxidation sites excluding steroid dienone is 1. The number of nitrogens with two attached hydrogens (primary N) is 2. The normalized spacial score (nSPS) is 13.3. The fraction of sp³-hybridized carbons (Fsp3) is 0.500. The van der Waals surface area contributed by atoms with Gasteiger partial charge in [-0.15, -0.1) is 0 Å². The van der Waals surface area contributed by atoms with E-state index in [1.807, 2.05) is 0 Å². The van der Waals surface area contributed by atoms with E-state index < -0.39 is 17.7 Å². The summed E-state index contributed by atoms with van der Waals surface area (Å²) in [6.07, 6.45) is 2.36. The van der Waals surface area contributed by atoms with Crippen LogP contribution in [0.1, 0.15) is 32.1 Å². The summed E-state index contributed by atoms with van der Waals surface area (Å²) in [4.78, 5) is 20.6. The van der Waals surface area contributed by atoms with Gasteiger partial charge in [0, 0.05) is 36.4 Å². The van der Waals surface area contributed by atoms with Crippen molar-refractivity contribution in [1.82, 2.24) is 0 Å². The summed E-state index contributed by atoms with van der Waals surface area (Å²) in [6.45, 7) is 0. The summed E-state index contributed by atoms with van der Waals surface area (Å²) >= 11 is 0. The molecule has 0 aliphatic carbocycles. The van der Waals surface area contributed by atoms with Crippen molar-refractivity contribution in [3.63, 3.8) is 0 Å². The molecule has 0 aliphatic heterocycles. The Kier molecular flexibility index (Phi) is 7.34. The highest BCUT2D eigenvalue weighted by Crippen LogP contribution is 2.19. The Morgan fingerprint density at radius 3 is 1.95 bits per heavy atom. The van der Waals surface area contributed by atoms with E-state index in [4.69, 9.17) is 21.7 Å². The first-order valence-electron chi connectivity index (χ1n) is 5.95. The van der Waals surface area contributed by atoms with Crippen molar-refractivity contribution in [2.45, 2.75) is 37.9 Å². The van der Waals surface area contributed by atoms with Gasteiger partial charge >= 0.3 is 11.9 Å². The lowest BCUT2D eigenvalue weighted by atomic mass is 10.0. The molecule has 0 bridgehead atoms. The summed E-state index contributed by atoms with van der Waals surface area (Å²) in [5, 5.41) is 36.1. The predicted octanol–water partition coefficient (Wildman–Crippen LogP) is -0.528. The van der Waals surface area contributed by atoms with Gasteiger partial charge in [0.1, 0.15) is 0 Å². The first-order valence-corrected chi connectivity index (χ1v) is 5.95. The van der Waals surface area contributed by atoms with E-state index in [0.717, 1.165) is 6.08 Å². The van der Waals surface area contributed by atoms with Crippen LogP contribution < -0.4 is 11.5 Å². The molecule has 0 heterocycles. The van der Waals surface area contributed by atoms with Crippen molar-refractivity contribution in [2.24, 2.45) is 11.5 Å². The minimum atomic E-state index is -2.10. The van der Waals surface area contributed by atoms with Crippen molar-refractivity contribution < 1.29 is 30.0 Å². The topological polar surface area (TPSA) is 167 Å². The van der Waals surface area contributed by atoms with E-state index in [0.29, 0.717) is 25.3 Å². The van der Waals surface area contributed by atoms with Crippen molar-refractivity contribution >= 4 is 11.9 Å². The number of hydrogen-bond acceptors (Lipinski definition) is 6. The van der Waals surface area contributed by atoms with Crippen LogP contribution in [0.5, 0.6) is 0 Å². The van der Waals surface area contributed by atoms with E-state index >= 15 is 0 Å². The lowest BCUT2D eigenvalue weighted by Crippen LogP contribution is -2.30. The van der Waals surface area contributed by atoms with E-state index in [9.17, 15) is 19.8 Å². The first-order chi connectivity index (χ1) is 9.12. The Morgan fingerprint density at radius 2 is 1.45 bits per heavy atom. The highest BCUT2D eigenvalue weighted by molar-refractivity contribution is 5.80. The number of aliphatic hydroxyl groups is 2. The maximum absolute atomic E-state index is 10.3. The fourth-order valence-electron chi connectivity index (χ4n) is 1.59. The lowest BCUT2D eigenvalue weighted by molar-refractivity contribution is -0.165. The average molecular weight is 288 g/mol. The predicted molar refractivity (Wildman–Crippen MR) is 70.1 cm³/mol. The fourth-order valence-corrected chi connectivity index (χ4v) is 1.59. The number of unbranched alkanes of at least 4 members (excludes halogenated alkanes) is 1. The van der Waals surface area contributed by atoms with Gasteiger partial charge in [-0.1, -0.05) is 0 Å². The summed E-state index contributed by atoms with van der Waals surface area (Å²) in [6, 6.07) is 0. The third-order valence-corrected chi connectivity index (χ3v) is 2.40. The third-order valence-electron chi connectivity index (χ3n) is 2.40. The van der Waals surface area contributed by atoms with Gasteiger partial charge in [0.05, 0.1) is 0 Å². The highest BCUT2D eigenvalue weighted by atomic mass is 16.5. The molecule has 0 aromatic carbocycles. The molecule has 0 aromatic heterocycles. The molecule has 0 saturated heterocycles. The van der Waals surface area contributed by atoms with Crippen LogP contribution in [0.4, 0.5) is 0 Å². The van der Waals surface area contributed by atoms with E-state index in [1.54, 1.807) is 0 Å². The molecular formula is C12H20N2O6. The number of carboxylic acid groups (broad SMARTS) is 2. The van der Waals surface area contributed by atoms with E-state index in [1.165, 1.54) is 0 Å². The van der Waals surface area contributed by atoms with Gasteiger partial charge in [-0.05, 0) is 19.3 Å². The van der Waals surface area contributed by atoms with Crippen LogP contribution in [0.25, 0.3) is 0 Å². The molecule has 0 fully saturated rings. The Morgan fingerprint density at radius 1 is 0.950 bits per heavy atom. The molecule has 8 N–H and O–H groups in total. The minimum Gasteiger partial charge on any atom is -0.478 e. The second-order valence-electron chi connectivity index (χ2n) is 4.48. The van der Waals surface area contributed by atoms with Gasteiger partial charge in [-0.3, -0.25) is 0 Å². The Bertz CT molecular complexity index is 414. The molecule has 0 aromatic rings. The third kappa shape index (κ3) is 9.92. The van der Waals surface area contributed by atoms with Gasteiger partial charge in [-0.2, -0.15) is 0 Å².